The van der Waals surface area contributed by atoms with E-state index < -0.39 is 0 Å². The SMILES string of the molecule is c1ccc(-c2cccc(-c3ccccc3)c2Nc2cccc(Nc3c(-c4ccccc4)cccc3-c3ccccc3)c2)cc1. The average Bonchev–Trinajstić information content (AvgIpc) is 3.10. The van der Waals surface area contributed by atoms with Crippen LogP contribution in [0.3, 0.4) is 0 Å². The quantitative estimate of drug-likeness (QED) is 0.192. The zero-order valence-corrected chi connectivity index (χ0v) is 24.3. The van der Waals surface area contributed by atoms with Gasteiger partial charge in [-0.25, -0.2) is 0 Å². The average molecular weight is 565 g/mol. The van der Waals surface area contributed by atoms with E-state index in [9.17, 15) is 0 Å². The van der Waals surface area contributed by atoms with Gasteiger partial charge in [0.1, 0.15) is 0 Å². The van der Waals surface area contributed by atoms with Crippen LogP contribution in [0.2, 0.25) is 0 Å². The van der Waals surface area contributed by atoms with E-state index in [-0.39, 0.29) is 0 Å². The van der Waals surface area contributed by atoms with Gasteiger partial charge in [0, 0.05) is 33.6 Å². The highest BCUT2D eigenvalue weighted by atomic mass is 14.9. The predicted molar refractivity (Wildman–Crippen MR) is 188 cm³/mol. The van der Waals surface area contributed by atoms with Crippen molar-refractivity contribution in [2.24, 2.45) is 0 Å². The fraction of sp³-hybridized carbons (Fsp3) is 0. The van der Waals surface area contributed by atoms with Gasteiger partial charge in [0.25, 0.3) is 0 Å². The summed E-state index contributed by atoms with van der Waals surface area (Å²) in [5.74, 6) is 0. The molecule has 7 aromatic carbocycles. The summed E-state index contributed by atoms with van der Waals surface area (Å²) in [4.78, 5) is 0. The fourth-order valence-corrected chi connectivity index (χ4v) is 5.77. The lowest BCUT2D eigenvalue weighted by molar-refractivity contribution is 1.49. The third kappa shape index (κ3) is 5.74. The minimum absolute atomic E-state index is 1.01. The molecule has 0 heterocycles. The standard InChI is InChI=1S/C42H32N2/c1-5-16-31(17-6-1)37-26-14-27-38(32-18-7-2-8-19-32)41(37)43-35-24-13-25-36(30-35)44-42-39(33-20-9-3-10-21-33)28-15-29-40(42)34-22-11-4-12-23-34/h1-30,43-44H. The van der Waals surface area contributed by atoms with E-state index in [4.69, 9.17) is 0 Å². The minimum atomic E-state index is 1.01. The van der Waals surface area contributed by atoms with Crippen molar-refractivity contribution in [1.82, 2.24) is 0 Å². The van der Waals surface area contributed by atoms with Crippen LogP contribution in [0.25, 0.3) is 44.5 Å². The van der Waals surface area contributed by atoms with Crippen molar-refractivity contribution in [3.8, 4) is 44.5 Å². The third-order valence-electron chi connectivity index (χ3n) is 7.87. The lowest BCUT2D eigenvalue weighted by Gasteiger charge is -2.20. The molecule has 0 saturated carbocycles. The van der Waals surface area contributed by atoms with E-state index in [0.717, 1.165) is 45.0 Å². The lowest BCUT2D eigenvalue weighted by atomic mass is 9.95. The van der Waals surface area contributed by atoms with Crippen LogP contribution >= 0.6 is 0 Å². The van der Waals surface area contributed by atoms with Gasteiger partial charge in [-0.2, -0.15) is 0 Å². The fourth-order valence-electron chi connectivity index (χ4n) is 5.77. The molecule has 2 nitrogen and oxygen atoms in total. The molecule has 0 aliphatic heterocycles. The highest BCUT2D eigenvalue weighted by molar-refractivity contribution is 5.95. The number of para-hydroxylation sites is 2. The summed E-state index contributed by atoms with van der Waals surface area (Å²) in [7, 11) is 0. The van der Waals surface area contributed by atoms with Crippen molar-refractivity contribution in [2.75, 3.05) is 10.6 Å². The maximum atomic E-state index is 3.82. The lowest BCUT2D eigenvalue weighted by Crippen LogP contribution is -1.99. The van der Waals surface area contributed by atoms with Crippen LogP contribution in [-0.2, 0) is 0 Å². The summed E-state index contributed by atoms with van der Waals surface area (Å²) < 4.78 is 0. The summed E-state index contributed by atoms with van der Waals surface area (Å²) in [6, 6.07) is 63.9. The summed E-state index contributed by atoms with van der Waals surface area (Å²) >= 11 is 0. The number of hydrogen-bond acceptors (Lipinski definition) is 2. The van der Waals surface area contributed by atoms with Gasteiger partial charge in [-0.1, -0.05) is 164 Å². The van der Waals surface area contributed by atoms with Gasteiger partial charge >= 0.3 is 0 Å². The largest absolute Gasteiger partial charge is 0.354 e. The van der Waals surface area contributed by atoms with Gasteiger partial charge in [0.15, 0.2) is 0 Å². The second-order valence-corrected chi connectivity index (χ2v) is 10.8. The molecule has 0 aliphatic carbocycles. The molecule has 0 atom stereocenters. The molecule has 7 aromatic rings. The van der Waals surface area contributed by atoms with Crippen molar-refractivity contribution >= 4 is 22.7 Å². The van der Waals surface area contributed by atoms with Gasteiger partial charge < -0.3 is 10.6 Å². The Labute approximate surface area is 259 Å². The molecule has 0 radical (unpaired) electrons. The van der Waals surface area contributed by atoms with E-state index in [1.807, 2.05) is 0 Å². The Bertz CT molecular complexity index is 1720. The van der Waals surface area contributed by atoms with Crippen LogP contribution in [0.1, 0.15) is 0 Å². The molecule has 2 heteroatoms. The van der Waals surface area contributed by atoms with E-state index >= 15 is 0 Å². The second-order valence-electron chi connectivity index (χ2n) is 10.8. The Kier molecular flexibility index (Phi) is 7.71. The zero-order chi connectivity index (χ0) is 29.6. The van der Waals surface area contributed by atoms with Crippen molar-refractivity contribution in [3.63, 3.8) is 0 Å². The number of rotatable bonds is 8. The Balaban J connectivity index is 1.31. The van der Waals surface area contributed by atoms with Crippen LogP contribution in [0.4, 0.5) is 22.7 Å². The first-order valence-electron chi connectivity index (χ1n) is 15.0. The third-order valence-corrected chi connectivity index (χ3v) is 7.87. The molecular formula is C42H32N2. The van der Waals surface area contributed by atoms with E-state index in [0.29, 0.717) is 0 Å². The highest BCUT2D eigenvalue weighted by Crippen LogP contribution is 2.41. The molecule has 0 bridgehead atoms. The molecule has 0 amide bonds. The van der Waals surface area contributed by atoms with Crippen molar-refractivity contribution in [1.29, 1.82) is 0 Å². The van der Waals surface area contributed by atoms with Crippen LogP contribution in [0, 0.1) is 0 Å². The maximum absolute atomic E-state index is 3.82. The second kappa shape index (κ2) is 12.6. The van der Waals surface area contributed by atoms with Crippen LogP contribution in [-0.4, -0.2) is 0 Å². The molecule has 0 spiro atoms. The molecule has 0 aromatic heterocycles. The topological polar surface area (TPSA) is 24.1 Å². The normalized spacial score (nSPS) is 10.7. The molecule has 2 N–H and O–H groups in total. The molecule has 44 heavy (non-hydrogen) atoms. The van der Waals surface area contributed by atoms with Gasteiger partial charge in [-0.15, -0.1) is 0 Å². The Morgan fingerprint density at radius 3 is 0.818 bits per heavy atom. The highest BCUT2D eigenvalue weighted by Gasteiger charge is 2.15. The molecular weight excluding hydrogens is 532 g/mol. The summed E-state index contributed by atoms with van der Waals surface area (Å²) in [5.41, 5.74) is 13.5. The Morgan fingerprint density at radius 2 is 0.523 bits per heavy atom. The number of benzene rings is 7. The van der Waals surface area contributed by atoms with Crippen molar-refractivity contribution < 1.29 is 0 Å². The first-order valence-corrected chi connectivity index (χ1v) is 15.0. The zero-order valence-electron chi connectivity index (χ0n) is 24.3. The van der Waals surface area contributed by atoms with Gasteiger partial charge in [0.05, 0.1) is 11.4 Å². The van der Waals surface area contributed by atoms with Gasteiger partial charge in [-0.05, 0) is 40.5 Å². The molecule has 0 saturated heterocycles. The van der Waals surface area contributed by atoms with Crippen LogP contribution < -0.4 is 10.6 Å². The Morgan fingerprint density at radius 1 is 0.250 bits per heavy atom. The summed E-state index contributed by atoms with van der Waals surface area (Å²) in [6.45, 7) is 0. The predicted octanol–water partition coefficient (Wildman–Crippen LogP) is 11.8. The first kappa shape index (κ1) is 27.0. The van der Waals surface area contributed by atoms with Crippen molar-refractivity contribution in [3.05, 3.63) is 182 Å². The summed E-state index contributed by atoms with van der Waals surface area (Å²) in [6.07, 6.45) is 0. The number of nitrogens with one attached hydrogen (secondary N) is 2. The number of hydrogen-bond donors (Lipinski definition) is 2. The molecule has 0 aliphatic rings. The Hall–Kier alpha value is -5.86. The van der Waals surface area contributed by atoms with E-state index in [1.165, 1.54) is 22.3 Å². The molecule has 0 fully saturated rings. The summed E-state index contributed by atoms with van der Waals surface area (Å²) in [5, 5.41) is 7.63. The smallest absolute Gasteiger partial charge is 0.0543 e. The maximum Gasteiger partial charge on any atom is 0.0543 e. The van der Waals surface area contributed by atoms with Crippen molar-refractivity contribution in [2.45, 2.75) is 0 Å². The monoisotopic (exact) mass is 564 g/mol. The van der Waals surface area contributed by atoms with Crippen LogP contribution in [0.5, 0.6) is 0 Å². The minimum Gasteiger partial charge on any atom is -0.354 e. The molecule has 0 unspecified atom stereocenters. The van der Waals surface area contributed by atoms with Gasteiger partial charge in [-0.3, -0.25) is 0 Å². The number of anilines is 4. The first-order chi connectivity index (χ1) is 21.8. The molecule has 210 valence electrons. The van der Waals surface area contributed by atoms with Crippen LogP contribution in [0.15, 0.2) is 182 Å². The van der Waals surface area contributed by atoms with E-state index in [1.54, 1.807) is 0 Å². The van der Waals surface area contributed by atoms with E-state index in [2.05, 4.69) is 193 Å². The molecule has 7 rings (SSSR count). The van der Waals surface area contributed by atoms with Gasteiger partial charge in [0.2, 0.25) is 0 Å².